The molecular formula is C44H44O4. The molecule has 0 radical (unpaired) electrons. The van der Waals surface area contributed by atoms with Crippen molar-refractivity contribution < 1.29 is 19.1 Å². The van der Waals surface area contributed by atoms with E-state index < -0.39 is 5.92 Å². The number of ketones is 1. The highest BCUT2D eigenvalue weighted by Crippen LogP contribution is 2.46. The minimum Gasteiger partial charge on any atom is -0.874 e. The number of Topliss-reactive ketones (excluding diaryl/α,β-unsaturated/α-hetero) is 1. The molecule has 0 bridgehead atoms. The van der Waals surface area contributed by atoms with E-state index in [2.05, 4.69) is 90.1 Å². The van der Waals surface area contributed by atoms with E-state index in [-0.39, 0.29) is 27.9 Å². The zero-order chi connectivity index (χ0) is 33.8. The molecule has 4 nitrogen and oxygen atoms in total. The van der Waals surface area contributed by atoms with Crippen LogP contribution < -0.4 is 9.84 Å². The number of hydrogen-bond donors (Lipinski definition) is 0. The highest BCUT2D eigenvalue weighted by molar-refractivity contribution is 6.11. The highest BCUT2D eigenvalue weighted by Gasteiger charge is 2.38. The molecule has 0 saturated heterocycles. The number of fused-ring (bicyclic) bond motifs is 6. The Hall–Kier alpha value is -4.70. The number of benzene rings is 4. The zero-order valence-electron chi connectivity index (χ0n) is 28.9. The lowest BCUT2D eigenvalue weighted by Crippen LogP contribution is -2.38. The van der Waals surface area contributed by atoms with Crippen LogP contribution in [0.3, 0.4) is 0 Å². The second-order valence-corrected chi connectivity index (χ2v) is 14.8. The van der Waals surface area contributed by atoms with Gasteiger partial charge in [0.15, 0.2) is 5.78 Å². The summed E-state index contributed by atoms with van der Waals surface area (Å²) in [7, 11) is 0. The molecule has 1 atom stereocenters. The summed E-state index contributed by atoms with van der Waals surface area (Å²) in [6, 6.07) is 26.8. The van der Waals surface area contributed by atoms with E-state index >= 15 is 0 Å². The summed E-state index contributed by atoms with van der Waals surface area (Å²) in [5.74, 6) is 1.59. The van der Waals surface area contributed by atoms with E-state index in [4.69, 9.17) is 9.15 Å². The van der Waals surface area contributed by atoms with Crippen LogP contribution >= 0.6 is 0 Å². The van der Waals surface area contributed by atoms with Crippen molar-refractivity contribution in [3.05, 3.63) is 125 Å². The van der Waals surface area contributed by atoms with Crippen LogP contribution in [0.4, 0.5) is 0 Å². The highest BCUT2D eigenvalue weighted by atomic mass is 16.5. The van der Waals surface area contributed by atoms with Gasteiger partial charge in [0, 0.05) is 33.9 Å². The van der Waals surface area contributed by atoms with E-state index in [0.29, 0.717) is 6.42 Å². The summed E-state index contributed by atoms with van der Waals surface area (Å²) in [5.41, 5.74) is 3.39. The summed E-state index contributed by atoms with van der Waals surface area (Å²) < 4.78 is 13.3. The Morgan fingerprint density at radius 1 is 0.812 bits per heavy atom. The summed E-state index contributed by atoms with van der Waals surface area (Å²) in [4.78, 5) is 13.9. The Morgan fingerprint density at radius 2 is 1.46 bits per heavy atom. The third-order valence-corrected chi connectivity index (χ3v) is 10.4. The summed E-state index contributed by atoms with van der Waals surface area (Å²) >= 11 is 0. The lowest BCUT2D eigenvalue weighted by Gasteiger charge is -2.36. The fourth-order valence-electron chi connectivity index (χ4n) is 7.61. The molecule has 7 rings (SSSR count). The molecular weight excluding hydrogens is 592 g/mol. The Balaban J connectivity index is 1.32. The van der Waals surface area contributed by atoms with E-state index in [1.807, 2.05) is 36.4 Å². The number of allylic oxidation sites excluding steroid dienone is 6. The van der Waals surface area contributed by atoms with Gasteiger partial charge in [0.1, 0.15) is 11.5 Å². The Labute approximate surface area is 283 Å². The van der Waals surface area contributed by atoms with Gasteiger partial charge in [-0.25, -0.2) is 4.42 Å². The fraction of sp³-hybridized carbons (Fsp3) is 0.318. The van der Waals surface area contributed by atoms with Crippen LogP contribution in [-0.4, -0.2) is 5.78 Å². The minimum atomic E-state index is -0.716. The van der Waals surface area contributed by atoms with Gasteiger partial charge < -0.3 is 9.84 Å². The van der Waals surface area contributed by atoms with Crippen molar-refractivity contribution in [1.29, 1.82) is 0 Å². The molecule has 0 amide bonds. The first-order chi connectivity index (χ1) is 23.0. The molecule has 1 aliphatic carbocycles. The van der Waals surface area contributed by atoms with Crippen LogP contribution in [0.5, 0.6) is 5.75 Å². The van der Waals surface area contributed by atoms with E-state index in [0.717, 1.165) is 92.2 Å². The van der Waals surface area contributed by atoms with Crippen LogP contribution in [0.1, 0.15) is 84.1 Å². The van der Waals surface area contributed by atoms with Crippen molar-refractivity contribution in [2.24, 2.45) is 11.3 Å². The predicted molar refractivity (Wildman–Crippen MR) is 195 cm³/mol. The van der Waals surface area contributed by atoms with Crippen molar-refractivity contribution in [3.63, 3.8) is 0 Å². The quantitative estimate of drug-likeness (QED) is 0.119. The second kappa shape index (κ2) is 12.1. The molecule has 1 aromatic heterocycles. The normalized spacial score (nSPS) is 17.5. The van der Waals surface area contributed by atoms with Crippen molar-refractivity contribution in [2.75, 3.05) is 0 Å². The van der Waals surface area contributed by atoms with Gasteiger partial charge in [-0.2, -0.15) is 0 Å². The van der Waals surface area contributed by atoms with E-state index in [1.165, 1.54) is 0 Å². The van der Waals surface area contributed by atoms with Gasteiger partial charge in [-0.15, -0.1) is 5.76 Å². The lowest BCUT2D eigenvalue weighted by atomic mass is 9.76. The molecule has 4 aromatic carbocycles. The van der Waals surface area contributed by atoms with Crippen LogP contribution in [-0.2, 0) is 16.6 Å². The monoisotopic (exact) mass is 636 g/mol. The molecule has 0 spiro atoms. The van der Waals surface area contributed by atoms with Gasteiger partial charge >= 0.3 is 11.3 Å². The van der Waals surface area contributed by atoms with Gasteiger partial charge in [-0.1, -0.05) is 95.1 Å². The Kier molecular flexibility index (Phi) is 8.02. The maximum atomic E-state index is 13.9. The topological polar surface area (TPSA) is 60.7 Å². The predicted octanol–water partition coefficient (Wildman–Crippen LogP) is 10.6. The smallest absolute Gasteiger partial charge is 0.368 e. The Morgan fingerprint density at radius 3 is 2.17 bits per heavy atom. The third-order valence-electron chi connectivity index (χ3n) is 10.4. The molecule has 1 unspecified atom stereocenters. The van der Waals surface area contributed by atoms with Crippen molar-refractivity contribution in [2.45, 2.75) is 79.1 Å². The van der Waals surface area contributed by atoms with Crippen LogP contribution in [0, 0.1) is 11.3 Å². The van der Waals surface area contributed by atoms with Gasteiger partial charge in [0.25, 0.3) is 0 Å². The van der Waals surface area contributed by atoms with Crippen LogP contribution in [0.25, 0.3) is 38.1 Å². The van der Waals surface area contributed by atoms with Crippen molar-refractivity contribution in [1.82, 2.24) is 0 Å². The first-order valence-corrected chi connectivity index (χ1v) is 17.4. The SMILES string of the molecule is CCCC(C)(C)C1=C/C(=C\C2=C([O-])C(Cc3cc(C(C)(C)CCC)[o+]c4c3ccc3ccccc34)C2=O)c2ccc3ccccc3c2O1. The molecule has 0 N–H and O–H groups in total. The molecule has 2 heterocycles. The molecule has 0 fully saturated rings. The first-order valence-electron chi connectivity index (χ1n) is 17.4. The average molecular weight is 637 g/mol. The molecule has 1 aliphatic heterocycles. The zero-order valence-corrected chi connectivity index (χ0v) is 28.9. The van der Waals surface area contributed by atoms with Crippen LogP contribution in [0.2, 0.25) is 0 Å². The third kappa shape index (κ3) is 5.41. The number of hydrogen-bond acceptors (Lipinski definition) is 3. The maximum Gasteiger partial charge on any atom is 0.368 e. The number of ether oxygens (including phenoxy) is 1. The van der Waals surface area contributed by atoms with Gasteiger partial charge in [0.05, 0.1) is 16.2 Å². The molecule has 4 heteroatoms. The largest absolute Gasteiger partial charge is 0.874 e. The molecule has 48 heavy (non-hydrogen) atoms. The summed E-state index contributed by atoms with van der Waals surface area (Å²) in [6.07, 6.45) is 8.14. The van der Waals surface area contributed by atoms with Gasteiger partial charge in [-0.05, 0) is 85.4 Å². The maximum absolute atomic E-state index is 13.9. The molecule has 2 aliphatic rings. The summed E-state index contributed by atoms with van der Waals surface area (Å²) in [6.45, 7) is 13.1. The molecule has 0 saturated carbocycles. The second-order valence-electron chi connectivity index (χ2n) is 14.8. The van der Waals surface area contributed by atoms with E-state index in [9.17, 15) is 9.90 Å². The summed E-state index contributed by atoms with van der Waals surface area (Å²) in [5, 5.41) is 19.1. The van der Waals surface area contributed by atoms with Crippen molar-refractivity contribution >= 4 is 43.9 Å². The van der Waals surface area contributed by atoms with Crippen LogP contribution in [0.15, 0.2) is 113 Å². The number of rotatable bonds is 9. The Bertz CT molecular complexity index is 2190. The van der Waals surface area contributed by atoms with Gasteiger partial charge in [0.2, 0.25) is 0 Å². The number of carbonyl (C=O) groups is 1. The molecule has 244 valence electrons. The van der Waals surface area contributed by atoms with Gasteiger partial charge in [-0.3, -0.25) is 4.79 Å². The standard InChI is InChI=1S/C44H44O4/c1-7-21-43(3,4)37-25-29(33-19-17-27-13-9-11-15-31(27)41(33)47-37)23-35-39(45)36(40(35)46)24-30-26-38(44(5,6)22-8-2)48-42-32-16-12-10-14-28(32)18-20-34(30)42/h9-20,23,25-26,36H,7-8,21-22,24H2,1-6H3/b29-23+. The van der Waals surface area contributed by atoms with Crippen molar-refractivity contribution in [3.8, 4) is 5.75 Å². The first kappa shape index (κ1) is 31.9. The average Bonchev–Trinajstić information content (AvgIpc) is 3.08. The lowest BCUT2D eigenvalue weighted by molar-refractivity contribution is -0.318. The van der Waals surface area contributed by atoms with E-state index in [1.54, 1.807) is 6.08 Å². The number of carbonyl (C=O) groups excluding carboxylic acids is 1. The molecule has 5 aromatic rings. The minimum absolute atomic E-state index is 0.104. The fourth-order valence-corrected chi connectivity index (χ4v) is 7.61.